The molecule has 0 amide bonds. The van der Waals surface area contributed by atoms with Crippen molar-refractivity contribution >= 4 is 0 Å². The Kier molecular flexibility index (Phi) is 4.80. The van der Waals surface area contributed by atoms with E-state index in [1.165, 1.54) is 13.2 Å². The summed E-state index contributed by atoms with van der Waals surface area (Å²) in [6.07, 6.45) is 0. The number of methoxy groups -OCH3 is 1. The Morgan fingerprint density at radius 2 is 2.18 bits per heavy atom. The zero-order valence-corrected chi connectivity index (χ0v) is 10.4. The van der Waals surface area contributed by atoms with Crippen molar-refractivity contribution < 1.29 is 9.84 Å². The molecule has 0 saturated heterocycles. The van der Waals surface area contributed by atoms with Gasteiger partial charge in [0, 0.05) is 0 Å². The van der Waals surface area contributed by atoms with Crippen LogP contribution in [0, 0.1) is 17.2 Å². The largest absolute Gasteiger partial charge is 0.504 e. The number of nitrogens with one attached hydrogen (secondary N) is 1. The first kappa shape index (κ1) is 13.3. The lowest BCUT2D eigenvalue weighted by Crippen LogP contribution is -2.24. The third-order valence-corrected chi connectivity index (χ3v) is 2.40. The van der Waals surface area contributed by atoms with E-state index in [1.54, 1.807) is 12.1 Å². The van der Waals surface area contributed by atoms with Gasteiger partial charge in [0.05, 0.1) is 13.2 Å². The van der Waals surface area contributed by atoms with Crippen molar-refractivity contribution in [3.05, 3.63) is 23.8 Å². The molecule has 0 heterocycles. The molecule has 4 nitrogen and oxygen atoms in total. The minimum atomic E-state index is -0.383. The zero-order chi connectivity index (χ0) is 12.8. The lowest BCUT2D eigenvalue weighted by Gasteiger charge is -2.14. The van der Waals surface area contributed by atoms with E-state index in [9.17, 15) is 5.11 Å². The summed E-state index contributed by atoms with van der Waals surface area (Å²) in [5.41, 5.74) is 0.794. The van der Waals surface area contributed by atoms with Crippen LogP contribution in [-0.4, -0.2) is 18.8 Å². The first-order valence-corrected chi connectivity index (χ1v) is 5.58. The van der Waals surface area contributed by atoms with Crippen LogP contribution in [0.3, 0.4) is 0 Å². The van der Waals surface area contributed by atoms with Crippen molar-refractivity contribution in [2.75, 3.05) is 13.7 Å². The molecule has 2 N–H and O–H groups in total. The van der Waals surface area contributed by atoms with Gasteiger partial charge in [-0.25, -0.2) is 0 Å². The molecule has 0 radical (unpaired) electrons. The van der Waals surface area contributed by atoms with Crippen LogP contribution < -0.4 is 10.1 Å². The van der Waals surface area contributed by atoms with Crippen LogP contribution in [0.5, 0.6) is 11.5 Å². The van der Waals surface area contributed by atoms with Crippen molar-refractivity contribution in [1.82, 2.24) is 5.32 Å². The highest BCUT2D eigenvalue weighted by molar-refractivity contribution is 5.43. The highest BCUT2D eigenvalue weighted by Crippen LogP contribution is 2.28. The van der Waals surface area contributed by atoms with Gasteiger partial charge in [0.1, 0.15) is 6.04 Å². The Bertz CT molecular complexity index is 410. The number of benzene rings is 1. The third kappa shape index (κ3) is 3.65. The number of aromatic hydroxyl groups is 1. The Morgan fingerprint density at radius 1 is 1.47 bits per heavy atom. The maximum Gasteiger partial charge on any atom is 0.160 e. The molecule has 1 atom stereocenters. The summed E-state index contributed by atoms with van der Waals surface area (Å²) >= 11 is 0. The van der Waals surface area contributed by atoms with Crippen LogP contribution >= 0.6 is 0 Å². The predicted octanol–water partition coefficient (Wildman–Crippen LogP) is 2.21. The number of rotatable bonds is 5. The highest BCUT2D eigenvalue weighted by Gasteiger charge is 2.12. The SMILES string of the molecule is COc1cc(C(C#N)NCC(C)C)ccc1O. The van der Waals surface area contributed by atoms with Crippen LogP contribution in [0.15, 0.2) is 18.2 Å². The fraction of sp³-hybridized carbons (Fsp3) is 0.462. The maximum absolute atomic E-state index is 9.48. The van der Waals surface area contributed by atoms with Gasteiger partial charge in [-0.2, -0.15) is 5.26 Å². The molecule has 0 aromatic heterocycles. The van der Waals surface area contributed by atoms with Crippen LogP contribution in [0.25, 0.3) is 0 Å². The zero-order valence-electron chi connectivity index (χ0n) is 10.4. The topological polar surface area (TPSA) is 65.3 Å². The molecule has 0 bridgehead atoms. The van der Waals surface area contributed by atoms with E-state index in [-0.39, 0.29) is 11.8 Å². The van der Waals surface area contributed by atoms with E-state index in [0.717, 1.165) is 12.1 Å². The van der Waals surface area contributed by atoms with Gasteiger partial charge in [-0.05, 0) is 30.2 Å². The molecule has 17 heavy (non-hydrogen) atoms. The summed E-state index contributed by atoms with van der Waals surface area (Å²) < 4.78 is 5.02. The third-order valence-electron chi connectivity index (χ3n) is 2.40. The lowest BCUT2D eigenvalue weighted by molar-refractivity contribution is 0.372. The second kappa shape index (κ2) is 6.12. The number of phenolic OH excluding ortho intramolecular Hbond substituents is 1. The van der Waals surface area contributed by atoms with Crippen molar-refractivity contribution in [3.8, 4) is 17.6 Å². The van der Waals surface area contributed by atoms with Crippen molar-refractivity contribution in [2.45, 2.75) is 19.9 Å². The van der Waals surface area contributed by atoms with E-state index in [2.05, 4.69) is 25.2 Å². The summed E-state index contributed by atoms with van der Waals surface area (Å²) in [5.74, 6) is 0.941. The van der Waals surface area contributed by atoms with E-state index >= 15 is 0 Å². The molecular formula is C13H18N2O2. The molecule has 92 valence electrons. The van der Waals surface area contributed by atoms with Crippen molar-refractivity contribution in [3.63, 3.8) is 0 Å². The van der Waals surface area contributed by atoms with Gasteiger partial charge in [0.2, 0.25) is 0 Å². The molecule has 0 spiro atoms. The standard InChI is InChI=1S/C13H18N2O2/c1-9(2)8-15-11(7-14)10-4-5-12(16)13(6-10)17-3/h4-6,9,11,15-16H,8H2,1-3H3. The molecule has 0 aliphatic heterocycles. The van der Waals surface area contributed by atoms with Gasteiger partial charge in [-0.15, -0.1) is 0 Å². The monoisotopic (exact) mass is 234 g/mol. The fourth-order valence-electron chi connectivity index (χ4n) is 1.47. The summed E-state index contributed by atoms with van der Waals surface area (Å²) in [5, 5.41) is 21.7. The molecular weight excluding hydrogens is 216 g/mol. The molecule has 0 aliphatic rings. The van der Waals surface area contributed by atoms with E-state index in [0.29, 0.717) is 11.7 Å². The van der Waals surface area contributed by atoms with Gasteiger partial charge in [-0.1, -0.05) is 19.9 Å². The van der Waals surface area contributed by atoms with Crippen LogP contribution in [-0.2, 0) is 0 Å². The van der Waals surface area contributed by atoms with Gasteiger partial charge < -0.3 is 9.84 Å². The first-order chi connectivity index (χ1) is 8.08. The number of nitriles is 1. The van der Waals surface area contributed by atoms with E-state index in [4.69, 9.17) is 10.00 Å². The smallest absolute Gasteiger partial charge is 0.160 e. The Balaban J connectivity index is 2.85. The minimum Gasteiger partial charge on any atom is -0.504 e. The number of ether oxygens (including phenoxy) is 1. The molecule has 0 fully saturated rings. The second-order valence-electron chi connectivity index (χ2n) is 4.30. The fourth-order valence-corrected chi connectivity index (χ4v) is 1.47. The summed E-state index contributed by atoms with van der Waals surface area (Å²) in [6.45, 7) is 4.93. The molecule has 1 rings (SSSR count). The average molecular weight is 234 g/mol. The predicted molar refractivity (Wildman–Crippen MR) is 65.9 cm³/mol. The second-order valence-corrected chi connectivity index (χ2v) is 4.30. The van der Waals surface area contributed by atoms with Crippen molar-refractivity contribution in [2.24, 2.45) is 5.92 Å². The number of phenols is 1. The Morgan fingerprint density at radius 3 is 2.71 bits per heavy atom. The van der Waals surface area contributed by atoms with Crippen LogP contribution in [0.4, 0.5) is 0 Å². The minimum absolute atomic E-state index is 0.0804. The van der Waals surface area contributed by atoms with Gasteiger partial charge in [0.15, 0.2) is 11.5 Å². The van der Waals surface area contributed by atoms with Gasteiger partial charge in [-0.3, -0.25) is 5.32 Å². The first-order valence-electron chi connectivity index (χ1n) is 5.58. The molecule has 0 aliphatic carbocycles. The van der Waals surface area contributed by atoms with E-state index < -0.39 is 0 Å². The maximum atomic E-state index is 9.48. The number of nitrogens with zero attached hydrogens (tertiary/aromatic N) is 1. The number of hydrogen-bond acceptors (Lipinski definition) is 4. The van der Waals surface area contributed by atoms with E-state index in [1.807, 2.05) is 0 Å². The van der Waals surface area contributed by atoms with Crippen molar-refractivity contribution in [1.29, 1.82) is 5.26 Å². The molecule has 1 aromatic rings. The summed E-state index contributed by atoms with van der Waals surface area (Å²) in [6, 6.07) is 6.75. The van der Waals surface area contributed by atoms with Crippen LogP contribution in [0.1, 0.15) is 25.5 Å². The Labute approximate surface area is 102 Å². The molecule has 1 aromatic carbocycles. The lowest BCUT2D eigenvalue weighted by atomic mass is 10.1. The quantitative estimate of drug-likeness (QED) is 0.819. The number of hydrogen-bond donors (Lipinski definition) is 2. The van der Waals surface area contributed by atoms with Gasteiger partial charge in [0.25, 0.3) is 0 Å². The average Bonchev–Trinajstić information content (AvgIpc) is 2.31. The normalized spacial score (nSPS) is 12.2. The Hall–Kier alpha value is -1.73. The molecule has 0 saturated carbocycles. The molecule has 1 unspecified atom stereocenters. The summed E-state index contributed by atoms with van der Waals surface area (Å²) in [7, 11) is 1.49. The van der Waals surface area contributed by atoms with Crippen LogP contribution in [0.2, 0.25) is 0 Å². The molecule has 4 heteroatoms. The summed E-state index contributed by atoms with van der Waals surface area (Å²) in [4.78, 5) is 0. The van der Waals surface area contributed by atoms with Gasteiger partial charge >= 0.3 is 0 Å². The highest BCUT2D eigenvalue weighted by atomic mass is 16.5.